The van der Waals surface area contributed by atoms with E-state index in [9.17, 15) is 0 Å². The van der Waals surface area contributed by atoms with Gasteiger partial charge in [0.1, 0.15) is 23.4 Å². The van der Waals surface area contributed by atoms with Crippen molar-refractivity contribution in [2.45, 2.75) is 6.10 Å². The number of nitrogens with two attached hydrogens (primary N) is 1. The van der Waals surface area contributed by atoms with Crippen molar-refractivity contribution in [1.82, 2.24) is 0 Å². The molecule has 1 atom stereocenters. The molecule has 0 heterocycles. The van der Waals surface area contributed by atoms with E-state index in [4.69, 9.17) is 24.9 Å². The van der Waals surface area contributed by atoms with Gasteiger partial charge < -0.3 is 14.2 Å². The highest BCUT2D eigenvalue weighted by molar-refractivity contribution is 5.45. The minimum atomic E-state index is -0.434. The van der Waals surface area contributed by atoms with Crippen LogP contribution in [-0.4, -0.2) is 21.3 Å². The standard InChI is InChI=1S/C16H19NO4/c1-18-12-6-4-11(5-7-12)16(21-17)14-9-8-13(19-2)10-15(14)20-3/h4-10,16H,17H2,1-3H3. The van der Waals surface area contributed by atoms with E-state index in [2.05, 4.69) is 0 Å². The van der Waals surface area contributed by atoms with Crippen LogP contribution in [0, 0.1) is 0 Å². The molecule has 0 saturated heterocycles. The zero-order valence-electron chi connectivity index (χ0n) is 12.3. The van der Waals surface area contributed by atoms with Crippen molar-refractivity contribution in [2.75, 3.05) is 21.3 Å². The van der Waals surface area contributed by atoms with Crippen LogP contribution in [-0.2, 0) is 4.84 Å². The van der Waals surface area contributed by atoms with E-state index in [0.29, 0.717) is 11.5 Å². The van der Waals surface area contributed by atoms with Crippen LogP contribution in [0.3, 0.4) is 0 Å². The van der Waals surface area contributed by atoms with Gasteiger partial charge in [-0.3, -0.25) is 4.84 Å². The minimum Gasteiger partial charge on any atom is -0.497 e. The number of hydrogen-bond acceptors (Lipinski definition) is 5. The SMILES string of the molecule is COc1ccc(C(ON)c2ccc(OC)cc2OC)cc1. The predicted molar refractivity (Wildman–Crippen MR) is 79.7 cm³/mol. The smallest absolute Gasteiger partial charge is 0.132 e. The summed E-state index contributed by atoms with van der Waals surface area (Å²) in [6.07, 6.45) is -0.434. The van der Waals surface area contributed by atoms with Gasteiger partial charge in [-0.2, -0.15) is 0 Å². The van der Waals surface area contributed by atoms with E-state index < -0.39 is 6.10 Å². The largest absolute Gasteiger partial charge is 0.497 e. The Morgan fingerprint density at radius 1 is 0.810 bits per heavy atom. The van der Waals surface area contributed by atoms with Crippen molar-refractivity contribution in [3.05, 3.63) is 53.6 Å². The second kappa shape index (κ2) is 6.97. The maximum atomic E-state index is 5.48. The first-order valence-electron chi connectivity index (χ1n) is 6.45. The summed E-state index contributed by atoms with van der Waals surface area (Å²) >= 11 is 0. The fourth-order valence-corrected chi connectivity index (χ4v) is 2.15. The molecule has 0 bridgehead atoms. The third-order valence-corrected chi connectivity index (χ3v) is 3.28. The Kier molecular flexibility index (Phi) is 5.03. The maximum Gasteiger partial charge on any atom is 0.132 e. The Hall–Kier alpha value is -2.24. The van der Waals surface area contributed by atoms with Crippen molar-refractivity contribution in [3.8, 4) is 17.2 Å². The third kappa shape index (κ3) is 3.26. The Labute approximate surface area is 124 Å². The second-order valence-corrected chi connectivity index (χ2v) is 4.40. The lowest BCUT2D eigenvalue weighted by Gasteiger charge is -2.19. The predicted octanol–water partition coefficient (Wildman–Crippen LogP) is 2.69. The summed E-state index contributed by atoms with van der Waals surface area (Å²) in [6, 6.07) is 13.0. The van der Waals surface area contributed by atoms with Crippen LogP contribution >= 0.6 is 0 Å². The zero-order valence-corrected chi connectivity index (χ0v) is 12.3. The molecule has 2 N–H and O–H groups in total. The van der Waals surface area contributed by atoms with Crippen LogP contribution in [0.2, 0.25) is 0 Å². The first kappa shape index (κ1) is 15.2. The molecule has 0 radical (unpaired) electrons. The van der Waals surface area contributed by atoms with Crippen LogP contribution < -0.4 is 20.1 Å². The van der Waals surface area contributed by atoms with Crippen molar-refractivity contribution >= 4 is 0 Å². The molecular weight excluding hydrogens is 270 g/mol. The fourth-order valence-electron chi connectivity index (χ4n) is 2.15. The van der Waals surface area contributed by atoms with E-state index in [-0.39, 0.29) is 0 Å². The molecule has 5 nitrogen and oxygen atoms in total. The molecule has 1 unspecified atom stereocenters. The van der Waals surface area contributed by atoms with Crippen molar-refractivity contribution < 1.29 is 19.0 Å². The number of ether oxygens (including phenoxy) is 3. The van der Waals surface area contributed by atoms with E-state index >= 15 is 0 Å². The average molecular weight is 289 g/mol. The summed E-state index contributed by atoms with van der Waals surface area (Å²) < 4.78 is 15.7. The summed E-state index contributed by atoms with van der Waals surface area (Å²) in [7, 11) is 4.83. The Morgan fingerprint density at radius 2 is 1.43 bits per heavy atom. The molecule has 5 heteroatoms. The molecule has 112 valence electrons. The van der Waals surface area contributed by atoms with E-state index in [1.165, 1.54) is 0 Å². The summed E-state index contributed by atoms with van der Waals surface area (Å²) in [6.45, 7) is 0. The Balaban J connectivity index is 2.40. The number of hydrogen-bond donors (Lipinski definition) is 1. The van der Waals surface area contributed by atoms with E-state index in [1.807, 2.05) is 36.4 Å². The number of methoxy groups -OCH3 is 3. The van der Waals surface area contributed by atoms with Crippen LogP contribution in [0.25, 0.3) is 0 Å². The van der Waals surface area contributed by atoms with Crippen molar-refractivity contribution in [1.29, 1.82) is 0 Å². The van der Waals surface area contributed by atoms with E-state index in [1.54, 1.807) is 27.4 Å². The van der Waals surface area contributed by atoms with Crippen LogP contribution in [0.15, 0.2) is 42.5 Å². The van der Waals surface area contributed by atoms with E-state index in [0.717, 1.165) is 16.9 Å². The molecular formula is C16H19NO4. The van der Waals surface area contributed by atoms with Gasteiger partial charge >= 0.3 is 0 Å². The number of benzene rings is 2. The van der Waals surface area contributed by atoms with Gasteiger partial charge in [0, 0.05) is 11.6 Å². The van der Waals surface area contributed by atoms with Gasteiger partial charge in [0.15, 0.2) is 0 Å². The molecule has 0 fully saturated rings. The van der Waals surface area contributed by atoms with Crippen molar-refractivity contribution in [3.63, 3.8) is 0 Å². The molecule has 0 aromatic heterocycles. The van der Waals surface area contributed by atoms with Gasteiger partial charge in [-0.1, -0.05) is 12.1 Å². The quantitative estimate of drug-likeness (QED) is 0.828. The highest BCUT2D eigenvalue weighted by Crippen LogP contribution is 2.34. The molecule has 0 spiro atoms. The Bertz CT molecular complexity index is 583. The van der Waals surface area contributed by atoms with Gasteiger partial charge in [-0.25, -0.2) is 5.90 Å². The summed E-state index contributed by atoms with van der Waals surface area (Å²) in [5, 5.41) is 0. The van der Waals surface area contributed by atoms with Crippen molar-refractivity contribution in [2.24, 2.45) is 5.90 Å². The first-order valence-corrected chi connectivity index (χ1v) is 6.45. The van der Waals surface area contributed by atoms with Gasteiger partial charge in [0.25, 0.3) is 0 Å². The normalized spacial score (nSPS) is 11.8. The van der Waals surface area contributed by atoms with Crippen LogP contribution in [0.1, 0.15) is 17.2 Å². The lowest BCUT2D eigenvalue weighted by Crippen LogP contribution is -2.12. The average Bonchev–Trinajstić information content (AvgIpc) is 2.56. The molecule has 0 aliphatic carbocycles. The summed E-state index contributed by atoms with van der Waals surface area (Å²) in [5.41, 5.74) is 1.73. The Morgan fingerprint density at radius 3 is 1.95 bits per heavy atom. The lowest BCUT2D eigenvalue weighted by atomic mass is 10.00. The molecule has 0 aliphatic heterocycles. The monoisotopic (exact) mass is 289 g/mol. The molecule has 0 amide bonds. The molecule has 0 saturated carbocycles. The summed E-state index contributed by atoms with van der Waals surface area (Å²) in [4.78, 5) is 5.15. The minimum absolute atomic E-state index is 0.434. The first-order chi connectivity index (χ1) is 10.2. The molecule has 2 rings (SSSR count). The second-order valence-electron chi connectivity index (χ2n) is 4.40. The van der Waals surface area contributed by atoms with Gasteiger partial charge in [0.2, 0.25) is 0 Å². The van der Waals surface area contributed by atoms with Gasteiger partial charge in [-0.15, -0.1) is 0 Å². The van der Waals surface area contributed by atoms with Gasteiger partial charge in [0.05, 0.1) is 21.3 Å². The third-order valence-electron chi connectivity index (χ3n) is 3.28. The van der Waals surface area contributed by atoms with Gasteiger partial charge in [-0.05, 0) is 29.8 Å². The number of rotatable bonds is 6. The highest BCUT2D eigenvalue weighted by Gasteiger charge is 2.19. The van der Waals surface area contributed by atoms with Crippen LogP contribution in [0.4, 0.5) is 0 Å². The fraction of sp³-hybridized carbons (Fsp3) is 0.250. The maximum absolute atomic E-state index is 5.48. The van der Waals surface area contributed by atoms with Crippen LogP contribution in [0.5, 0.6) is 17.2 Å². The molecule has 21 heavy (non-hydrogen) atoms. The molecule has 2 aromatic carbocycles. The highest BCUT2D eigenvalue weighted by atomic mass is 16.6. The lowest BCUT2D eigenvalue weighted by molar-refractivity contribution is 0.0794. The molecule has 2 aromatic rings. The molecule has 0 aliphatic rings. The zero-order chi connectivity index (χ0) is 15.2. The topological polar surface area (TPSA) is 62.9 Å². The summed E-state index contributed by atoms with van der Waals surface area (Å²) in [5.74, 6) is 7.62.